The second-order valence-corrected chi connectivity index (χ2v) is 3.80. The van der Waals surface area contributed by atoms with Crippen molar-refractivity contribution in [1.29, 1.82) is 0 Å². The predicted octanol–water partition coefficient (Wildman–Crippen LogP) is 2.51. The molecule has 0 radical (unpaired) electrons. The highest BCUT2D eigenvalue weighted by Gasteiger charge is 2.17. The van der Waals surface area contributed by atoms with Gasteiger partial charge in [0.1, 0.15) is 0 Å². The Labute approximate surface area is 100 Å². The van der Waals surface area contributed by atoms with E-state index >= 15 is 0 Å². The number of terminal acetylenes is 1. The van der Waals surface area contributed by atoms with Crippen LogP contribution in [0.3, 0.4) is 0 Å². The number of nitro groups is 1. The highest BCUT2D eigenvalue weighted by atomic mass is 16.6. The van der Waals surface area contributed by atoms with Crippen LogP contribution in [-0.4, -0.2) is 15.9 Å². The van der Waals surface area contributed by atoms with Crippen molar-refractivity contribution in [1.82, 2.24) is 4.98 Å². The number of anilines is 1. The lowest BCUT2D eigenvalue weighted by atomic mass is 10.1. The number of aryl methyl sites for hydroxylation is 1. The molecule has 1 atom stereocenters. The summed E-state index contributed by atoms with van der Waals surface area (Å²) in [6, 6.07) is 1.51. The molecule has 1 unspecified atom stereocenters. The number of nitrogens with zero attached hydrogens (tertiary/aromatic N) is 2. The van der Waals surface area contributed by atoms with E-state index in [4.69, 9.17) is 6.42 Å². The third-order valence-corrected chi connectivity index (χ3v) is 2.40. The summed E-state index contributed by atoms with van der Waals surface area (Å²) in [4.78, 5) is 14.5. The van der Waals surface area contributed by atoms with Crippen molar-refractivity contribution in [2.75, 3.05) is 5.32 Å². The highest BCUT2D eigenvalue weighted by molar-refractivity contribution is 5.57. The van der Waals surface area contributed by atoms with E-state index in [9.17, 15) is 10.1 Å². The lowest BCUT2D eigenvalue weighted by molar-refractivity contribution is -0.384. The van der Waals surface area contributed by atoms with Crippen LogP contribution in [0.5, 0.6) is 0 Å². The van der Waals surface area contributed by atoms with E-state index < -0.39 is 4.92 Å². The third-order valence-electron chi connectivity index (χ3n) is 2.40. The zero-order chi connectivity index (χ0) is 12.8. The molecule has 0 saturated heterocycles. The van der Waals surface area contributed by atoms with Crippen molar-refractivity contribution < 1.29 is 4.92 Å². The lowest BCUT2D eigenvalue weighted by Gasteiger charge is -2.14. The van der Waals surface area contributed by atoms with Gasteiger partial charge in [0, 0.05) is 24.7 Å². The predicted molar refractivity (Wildman–Crippen MR) is 66.8 cm³/mol. The Balaban J connectivity index is 2.97. The Hall–Kier alpha value is -2.09. The first-order chi connectivity index (χ1) is 8.08. The first-order valence-electron chi connectivity index (χ1n) is 5.39. The molecule has 17 heavy (non-hydrogen) atoms. The number of nitrogens with one attached hydrogen (secondary N) is 1. The SMILES string of the molecule is C#CCC(CC)Nc1ncc(C)cc1[N+](=O)[O-]. The molecule has 0 aliphatic rings. The van der Waals surface area contributed by atoms with Gasteiger partial charge in [-0.05, 0) is 18.9 Å². The summed E-state index contributed by atoms with van der Waals surface area (Å²) in [5.74, 6) is 2.82. The van der Waals surface area contributed by atoms with Gasteiger partial charge in [-0.2, -0.15) is 0 Å². The Kier molecular flexibility index (Phi) is 4.46. The molecule has 1 aromatic rings. The van der Waals surface area contributed by atoms with Gasteiger partial charge in [-0.1, -0.05) is 6.92 Å². The van der Waals surface area contributed by atoms with Crippen LogP contribution < -0.4 is 5.32 Å². The van der Waals surface area contributed by atoms with Gasteiger partial charge in [0.05, 0.1) is 4.92 Å². The van der Waals surface area contributed by atoms with Crippen LogP contribution in [0.15, 0.2) is 12.3 Å². The number of hydrogen-bond acceptors (Lipinski definition) is 4. The molecule has 5 heteroatoms. The van der Waals surface area contributed by atoms with Crippen molar-refractivity contribution in [2.24, 2.45) is 0 Å². The van der Waals surface area contributed by atoms with Gasteiger partial charge in [0.25, 0.3) is 0 Å². The third kappa shape index (κ3) is 3.45. The van der Waals surface area contributed by atoms with Crippen molar-refractivity contribution in [3.63, 3.8) is 0 Å². The summed E-state index contributed by atoms with van der Waals surface area (Å²) in [7, 11) is 0. The smallest absolute Gasteiger partial charge is 0.311 e. The van der Waals surface area contributed by atoms with E-state index in [1.165, 1.54) is 6.07 Å². The molecular weight excluding hydrogens is 218 g/mol. The van der Waals surface area contributed by atoms with Crippen molar-refractivity contribution in [2.45, 2.75) is 32.7 Å². The second kappa shape index (κ2) is 5.85. The van der Waals surface area contributed by atoms with Gasteiger partial charge in [-0.25, -0.2) is 4.98 Å². The maximum atomic E-state index is 10.9. The Bertz CT molecular complexity index is 452. The molecule has 0 spiro atoms. The number of aromatic nitrogens is 1. The molecule has 90 valence electrons. The first-order valence-corrected chi connectivity index (χ1v) is 5.39. The molecule has 0 amide bonds. The molecule has 0 aliphatic carbocycles. The Morgan fingerprint density at radius 3 is 2.94 bits per heavy atom. The van der Waals surface area contributed by atoms with Crippen LogP contribution in [0.25, 0.3) is 0 Å². The van der Waals surface area contributed by atoms with Gasteiger partial charge in [0.2, 0.25) is 5.82 Å². The number of hydrogen-bond donors (Lipinski definition) is 1. The first kappa shape index (κ1) is 13.0. The van der Waals surface area contributed by atoms with Crippen molar-refractivity contribution >= 4 is 11.5 Å². The minimum Gasteiger partial charge on any atom is -0.361 e. The fourth-order valence-electron chi connectivity index (χ4n) is 1.44. The summed E-state index contributed by atoms with van der Waals surface area (Å²) < 4.78 is 0. The van der Waals surface area contributed by atoms with E-state index in [-0.39, 0.29) is 17.5 Å². The van der Waals surface area contributed by atoms with Crippen LogP contribution in [0.4, 0.5) is 11.5 Å². The monoisotopic (exact) mass is 233 g/mol. The van der Waals surface area contributed by atoms with E-state index in [2.05, 4.69) is 16.2 Å². The molecule has 5 nitrogen and oxygen atoms in total. The van der Waals surface area contributed by atoms with Crippen LogP contribution >= 0.6 is 0 Å². The zero-order valence-electron chi connectivity index (χ0n) is 9.93. The maximum absolute atomic E-state index is 10.9. The standard InChI is InChI=1S/C12H15N3O2/c1-4-6-10(5-2)14-12-11(15(16)17)7-9(3)8-13-12/h1,7-8,10H,5-6H2,2-3H3,(H,13,14). The van der Waals surface area contributed by atoms with Crippen molar-refractivity contribution in [3.8, 4) is 12.3 Å². The molecule has 1 N–H and O–H groups in total. The molecule has 0 aliphatic heterocycles. The average molecular weight is 233 g/mol. The minimum atomic E-state index is -0.440. The molecule has 0 fully saturated rings. The molecule has 0 bridgehead atoms. The van der Waals surface area contributed by atoms with E-state index in [1.54, 1.807) is 13.1 Å². The van der Waals surface area contributed by atoms with Crippen LogP contribution in [-0.2, 0) is 0 Å². The summed E-state index contributed by atoms with van der Waals surface area (Å²) in [5, 5.41) is 13.9. The fraction of sp³-hybridized carbons (Fsp3) is 0.417. The topological polar surface area (TPSA) is 68.1 Å². The zero-order valence-corrected chi connectivity index (χ0v) is 9.93. The summed E-state index contributed by atoms with van der Waals surface area (Å²) in [5.41, 5.74) is 0.743. The molecule has 0 saturated carbocycles. The van der Waals surface area contributed by atoms with Gasteiger partial charge in [0.15, 0.2) is 0 Å². The van der Waals surface area contributed by atoms with Crippen LogP contribution in [0.1, 0.15) is 25.3 Å². The van der Waals surface area contributed by atoms with Gasteiger partial charge in [-0.15, -0.1) is 12.3 Å². The maximum Gasteiger partial charge on any atom is 0.311 e. The fourth-order valence-corrected chi connectivity index (χ4v) is 1.44. The minimum absolute atomic E-state index is 0.00825. The Morgan fingerprint density at radius 1 is 1.71 bits per heavy atom. The molecule has 0 aromatic carbocycles. The Morgan fingerprint density at radius 2 is 2.41 bits per heavy atom. The number of rotatable bonds is 5. The summed E-state index contributed by atoms with van der Waals surface area (Å²) >= 11 is 0. The molecule has 1 heterocycles. The van der Waals surface area contributed by atoms with Gasteiger partial charge < -0.3 is 5.32 Å². The van der Waals surface area contributed by atoms with Gasteiger partial charge in [-0.3, -0.25) is 10.1 Å². The highest BCUT2D eigenvalue weighted by Crippen LogP contribution is 2.23. The second-order valence-electron chi connectivity index (χ2n) is 3.80. The largest absolute Gasteiger partial charge is 0.361 e. The normalized spacial score (nSPS) is 11.6. The lowest BCUT2D eigenvalue weighted by Crippen LogP contribution is -2.19. The quantitative estimate of drug-likeness (QED) is 0.482. The van der Waals surface area contributed by atoms with E-state index in [0.717, 1.165) is 12.0 Å². The van der Waals surface area contributed by atoms with Crippen LogP contribution in [0.2, 0.25) is 0 Å². The van der Waals surface area contributed by atoms with Gasteiger partial charge >= 0.3 is 5.69 Å². The molecule has 1 rings (SSSR count). The summed E-state index contributed by atoms with van der Waals surface area (Å²) in [6.45, 7) is 3.73. The summed E-state index contributed by atoms with van der Waals surface area (Å²) in [6.07, 6.45) is 8.14. The van der Waals surface area contributed by atoms with Crippen LogP contribution in [0, 0.1) is 29.4 Å². The van der Waals surface area contributed by atoms with Crippen molar-refractivity contribution in [3.05, 3.63) is 27.9 Å². The number of pyridine rings is 1. The van der Waals surface area contributed by atoms with E-state index in [1.807, 2.05) is 6.92 Å². The van der Waals surface area contributed by atoms with E-state index in [0.29, 0.717) is 6.42 Å². The molecule has 1 aromatic heterocycles. The molecular formula is C12H15N3O2. The average Bonchev–Trinajstić information content (AvgIpc) is 2.30.